The summed E-state index contributed by atoms with van der Waals surface area (Å²) in [6.07, 6.45) is 3.88. The highest BCUT2D eigenvalue weighted by Gasteiger charge is 2.28. The number of aryl methyl sites for hydroxylation is 2. The third-order valence-corrected chi connectivity index (χ3v) is 14.4. The van der Waals surface area contributed by atoms with Crippen LogP contribution < -0.4 is 10.6 Å². The number of anilines is 4. The largest absolute Gasteiger partial charge is 0.483 e. The highest BCUT2D eigenvalue weighted by atomic mass is 19.1. The predicted octanol–water partition coefficient (Wildman–Crippen LogP) is 9.97. The summed E-state index contributed by atoms with van der Waals surface area (Å²) in [5, 5.41) is 20.0. The smallest absolute Gasteiger partial charge is 0.290 e. The molecule has 448 valence electrons. The van der Waals surface area contributed by atoms with E-state index in [-0.39, 0.29) is 58.3 Å². The van der Waals surface area contributed by atoms with E-state index >= 15 is 8.78 Å². The Balaban J connectivity index is 0.000000221. The first-order valence-corrected chi connectivity index (χ1v) is 27.5. The summed E-state index contributed by atoms with van der Waals surface area (Å²) in [6.45, 7) is 25.5. The molecule has 10 rings (SSSR count). The Bertz CT molecular complexity index is 3400. The first-order valence-electron chi connectivity index (χ1n) is 27.5. The number of nitrogens with zero attached hydrogens (tertiary/aromatic N) is 14. The lowest BCUT2D eigenvalue weighted by atomic mass is 9.99. The predicted molar refractivity (Wildman–Crippen MR) is 318 cm³/mol. The van der Waals surface area contributed by atoms with Gasteiger partial charge in [-0.2, -0.15) is 0 Å². The SMILES string of the molecule is Cc1nc2c(F)cc(-c3nc(Nc4ccc5c(n4)C[C@@H](C)N(CCN(C)C)C5)ncc3F)cc2n1C(C)(C)C.Cc1nc2c(F)cc(-c3nc(Nc4ccc5c(n4)C[C@H](C)N(CCN(C)C)C5)ncc3F)cc2n1C(C)(C)C.O=CO.O=CO. The lowest BCUT2D eigenvalue weighted by molar-refractivity contribution is -0.123. The van der Waals surface area contributed by atoms with Gasteiger partial charge in [0.15, 0.2) is 23.3 Å². The van der Waals surface area contributed by atoms with E-state index in [2.05, 4.69) is 114 Å². The van der Waals surface area contributed by atoms with Crippen LogP contribution in [0, 0.1) is 37.1 Å². The lowest BCUT2D eigenvalue weighted by Crippen LogP contribution is -2.42. The van der Waals surface area contributed by atoms with Crippen LogP contribution in [0.15, 0.2) is 60.9 Å². The van der Waals surface area contributed by atoms with Gasteiger partial charge < -0.3 is 39.8 Å². The summed E-state index contributed by atoms with van der Waals surface area (Å²) in [5.41, 5.74) is 6.16. The number of carboxylic acid groups (broad SMARTS) is 2. The highest BCUT2D eigenvalue weighted by Crippen LogP contribution is 2.35. The number of imidazole rings is 2. The Hall–Kier alpha value is -8.06. The third kappa shape index (κ3) is 15.0. The minimum Gasteiger partial charge on any atom is -0.483 e. The maximum absolute atomic E-state index is 15.1. The van der Waals surface area contributed by atoms with Crippen molar-refractivity contribution in [3.63, 3.8) is 0 Å². The zero-order valence-electron chi connectivity index (χ0n) is 50.2. The fourth-order valence-corrected chi connectivity index (χ4v) is 10.6. The summed E-state index contributed by atoms with van der Waals surface area (Å²) in [4.78, 5) is 61.6. The maximum atomic E-state index is 15.1. The second kappa shape index (κ2) is 26.7. The number of aromatic nitrogens is 10. The molecule has 0 bridgehead atoms. The number of carbonyl (C=O) groups is 2. The number of likely N-dealkylation sites (N-methyl/N-ethyl adjacent to an activating group) is 2. The third-order valence-electron chi connectivity index (χ3n) is 14.4. The first-order chi connectivity index (χ1) is 39.6. The zero-order valence-corrected chi connectivity index (χ0v) is 50.2. The fourth-order valence-electron chi connectivity index (χ4n) is 10.6. The molecule has 6 aromatic heterocycles. The summed E-state index contributed by atoms with van der Waals surface area (Å²) in [6, 6.07) is 14.7. The molecule has 84 heavy (non-hydrogen) atoms. The summed E-state index contributed by atoms with van der Waals surface area (Å²) < 4.78 is 64.1. The van der Waals surface area contributed by atoms with Gasteiger partial charge in [0.2, 0.25) is 11.9 Å². The molecule has 2 aliphatic heterocycles. The number of fused-ring (bicyclic) bond motifs is 4. The molecule has 0 unspecified atom stereocenters. The van der Waals surface area contributed by atoms with E-state index in [0.717, 1.165) is 75.9 Å². The van der Waals surface area contributed by atoms with Gasteiger partial charge in [-0.05, 0) is 145 Å². The normalized spacial score (nSPS) is 15.3. The molecule has 2 aromatic carbocycles. The number of rotatable bonds is 12. The molecular formula is C60H76F4N16O4. The van der Waals surface area contributed by atoms with Gasteiger partial charge in [-0.3, -0.25) is 19.4 Å². The van der Waals surface area contributed by atoms with Crippen LogP contribution in [-0.4, -0.2) is 158 Å². The molecule has 24 heteroatoms. The molecule has 8 aromatic rings. The monoisotopic (exact) mass is 1160 g/mol. The van der Waals surface area contributed by atoms with Gasteiger partial charge in [-0.1, -0.05) is 12.1 Å². The second-order valence-corrected chi connectivity index (χ2v) is 23.5. The number of hydrogen-bond donors (Lipinski definition) is 4. The lowest BCUT2D eigenvalue weighted by Gasteiger charge is -2.35. The molecule has 2 atom stereocenters. The van der Waals surface area contributed by atoms with Gasteiger partial charge in [0.25, 0.3) is 12.9 Å². The number of benzene rings is 2. The van der Waals surface area contributed by atoms with Crippen LogP contribution in [0.1, 0.15) is 89.6 Å². The van der Waals surface area contributed by atoms with Crippen molar-refractivity contribution in [2.75, 3.05) is 65.0 Å². The molecule has 0 saturated heterocycles. The number of nitrogens with one attached hydrogen (secondary N) is 2. The van der Waals surface area contributed by atoms with E-state index in [1.165, 1.54) is 23.3 Å². The molecule has 0 saturated carbocycles. The maximum Gasteiger partial charge on any atom is 0.290 e. The second-order valence-electron chi connectivity index (χ2n) is 23.5. The molecule has 2 aliphatic rings. The van der Waals surface area contributed by atoms with Crippen molar-refractivity contribution < 1.29 is 37.4 Å². The standard InChI is InChI=1S/2C29H36F2N8.2CH2O2/c2*1-17-12-23-19(16-38(17)11-10-37(6)7)8-9-25(34-23)35-28-32-15-22(31)26(36-28)20-13-21(30)27-24(14-20)39(18(2)33-27)29(3,4)5;2*2-1-3/h2*8-9,13-15,17H,10-12,16H2,1-7H3,(H,32,34,35,36);2*1H,(H,2,3)/t2*17-;;/m10../s1. The van der Waals surface area contributed by atoms with Crippen molar-refractivity contribution in [2.24, 2.45) is 0 Å². The average Bonchev–Trinajstić information content (AvgIpc) is 3.43. The van der Waals surface area contributed by atoms with Crippen LogP contribution in [0.3, 0.4) is 0 Å². The highest BCUT2D eigenvalue weighted by molar-refractivity contribution is 5.84. The minimum atomic E-state index is -0.636. The van der Waals surface area contributed by atoms with E-state index in [1.54, 1.807) is 12.1 Å². The van der Waals surface area contributed by atoms with Gasteiger partial charge >= 0.3 is 0 Å². The van der Waals surface area contributed by atoms with E-state index < -0.39 is 23.3 Å². The topological polar surface area (TPSA) is 225 Å². The van der Waals surface area contributed by atoms with Crippen molar-refractivity contribution in [3.05, 3.63) is 118 Å². The summed E-state index contributed by atoms with van der Waals surface area (Å²) in [5.74, 6) is 0.614. The first kappa shape index (κ1) is 63.5. The molecule has 0 aliphatic carbocycles. The molecule has 4 N–H and O–H groups in total. The van der Waals surface area contributed by atoms with Gasteiger partial charge in [-0.15, -0.1) is 0 Å². The molecular weight excluding hydrogens is 1080 g/mol. The Kier molecular flexibility index (Phi) is 20.2. The molecule has 0 fully saturated rings. The number of halogens is 4. The van der Waals surface area contributed by atoms with E-state index in [9.17, 15) is 8.78 Å². The number of hydrogen-bond acceptors (Lipinski definition) is 16. The van der Waals surface area contributed by atoms with Crippen LogP contribution in [0.4, 0.5) is 41.1 Å². The van der Waals surface area contributed by atoms with Gasteiger partial charge in [0.05, 0.1) is 23.4 Å². The summed E-state index contributed by atoms with van der Waals surface area (Å²) >= 11 is 0. The Labute approximate surface area is 487 Å². The van der Waals surface area contributed by atoms with Crippen molar-refractivity contribution in [3.8, 4) is 22.5 Å². The average molecular weight is 1160 g/mol. The zero-order chi connectivity index (χ0) is 61.5. The van der Waals surface area contributed by atoms with Crippen LogP contribution in [0.25, 0.3) is 44.6 Å². The quantitative estimate of drug-likeness (QED) is 0.0659. The van der Waals surface area contributed by atoms with E-state index in [4.69, 9.17) is 29.8 Å². The Morgan fingerprint density at radius 1 is 0.571 bits per heavy atom. The van der Waals surface area contributed by atoms with Crippen molar-refractivity contribution in [1.82, 2.24) is 68.6 Å². The Morgan fingerprint density at radius 3 is 1.26 bits per heavy atom. The Morgan fingerprint density at radius 2 is 0.929 bits per heavy atom. The van der Waals surface area contributed by atoms with Crippen LogP contribution in [0.2, 0.25) is 0 Å². The molecule has 0 radical (unpaired) electrons. The van der Waals surface area contributed by atoms with Gasteiger partial charge in [0.1, 0.15) is 45.7 Å². The molecule has 0 spiro atoms. The van der Waals surface area contributed by atoms with Crippen molar-refractivity contribution in [1.29, 1.82) is 0 Å². The van der Waals surface area contributed by atoms with E-state index in [0.29, 0.717) is 57.5 Å². The summed E-state index contributed by atoms with van der Waals surface area (Å²) in [7, 11) is 8.34. The van der Waals surface area contributed by atoms with Crippen LogP contribution >= 0.6 is 0 Å². The molecule has 20 nitrogen and oxygen atoms in total. The minimum absolute atomic E-state index is 0.00993. The molecule has 0 amide bonds. The fraction of sp³-hybridized carbons (Fsp3) is 0.433. The van der Waals surface area contributed by atoms with Crippen molar-refractivity contribution >= 4 is 58.5 Å². The van der Waals surface area contributed by atoms with Crippen LogP contribution in [-0.2, 0) is 46.6 Å². The van der Waals surface area contributed by atoms with Gasteiger partial charge in [0, 0.05) is 97.8 Å². The number of pyridine rings is 2. The van der Waals surface area contributed by atoms with Crippen LogP contribution in [0.5, 0.6) is 0 Å². The van der Waals surface area contributed by atoms with Gasteiger partial charge in [-0.25, -0.2) is 57.4 Å². The van der Waals surface area contributed by atoms with Crippen molar-refractivity contribution in [2.45, 2.75) is 118 Å². The van der Waals surface area contributed by atoms with E-state index in [1.807, 2.05) is 76.7 Å². The molecule has 8 heterocycles.